The van der Waals surface area contributed by atoms with E-state index in [0.29, 0.717) is 5.02 Å². The van der Waals surface area contributed by atoms with Gasteiger partial charge in [-0.3, -0.25) is 4.99 Å². The van der Waals surface area contributed by atoms with Crippen LogP contribution in [0.1, 0.15) is 30.5 Å². The van der Waals surface area contributed by atoms with E-state index in [4.69, 9.17) is 16.6 Å². The summed E-state index contributed by atoms with van der Waals surface area (Å²) in [5.41, 5.74) is 0.802. The molecule has 21 heavy (non-hydrogen) atoms. The normalized spacial score (nSPS) is 13.3. The van der Waals surface area contributed by atoms with E-state index in [-0.39, 0.29) is 11.9 Å². The molecule has 1 aromatic carbocycles. The van der Waals surface area contributed by atoms with Gasteiger partial charge in [0.05, 0.1) is 6.04 Å². The second kappa shape index (κ2) is 7.00. The lowest BCUT2D eigenvalue weighted by Gasteiger charge is -2.20. The van der Waals surface area contributed by atoms with Crippen LogP contribution in [0.2, 0.25) is 5.02 Å². The Morgan fingerprint density at radius 1 is 1.52 bits per heavy atom. The first-order valence-corrected chi connectivity index (χ1v) is 7.92. The number of halogens is 2. The first kappa shape index (κ1) is 15.9. The average Bonchev–Trinajstić information content (AvgIpc) is 2.97. The third kappa shape index (κ3) is 3.80. The molecular weight excluding hydrogens is 309 g/mol. The number of benzene rings is 1. The van der Waals surface area contributed by atoms with Crippen molar-refractivity contribution in [2.24, 2.45) is 4.99 Å². The van der Waals surface area contributed by atoms with E-state index in [2.05, 4.69) is 11.9 Å². The van der Waals surface area contributed by atoms with Gasteiger partial charge in [-0.2, -0.15) is 0 Å². The Morgan fingerprint density at radius 3 is 2.86 bits per heavy atom. The lowest BCUT2D eigenvalue weighted by molar-refractivity contribution is 0.529. The molecule has 112 valence electrons. The minimum Gasteiger partial charge on any atom is -0.358 e. The molecule has 1 aromatic heterocycles. The van der Waals surface area contributed by atoms with E-state index in [1.807, 2.05) is 24.3 Å². The highest BCUT2D eigenvalue weighted by atomic mass is 35.5. The van der Waals surface area contributed by atoms with Crippen LogP contribution in [-0.2, 0) is 0 Å². The predicted octanol–water partition coefficient (Wildman–Crippen LogP) is 4.40. The van der Waals surface area contributed by atoms with Crippen molar-refractivity contribution < 1.29 is 4.39 Å². The maximum atomic E-state index is 13.1. The summed E-state index contributed by atoms with van der Waals surface area (Å²) in [6, 6.07) is 4.22. The van der Waals surface area contributed by atoms with Crippen LogP contribution in [0.3, 0.4) is 0 Å². The molecule has 1 heterocycles. The minimum absolute atomic E-state index is 0.175. The van der Waals surface area contributed by atoms with E-state index in [9.17, 15) is 4.39 Å². The first-order chi connectivity index (χ1) is 10.0. The standard InChI is InChI=1S/C15H17ClFN3S/c1-4-20(3)14(15-18-7-8-21-15)19-10(2)12-6-5-11(17)9-13(12)16/h5-10H,4H2,1-3H3/b19-14-/t10-/m1/s1. The molecule has 0 unspecified atom stereocenters. The van der Waals surface area contributed by atoms with Crippen molar-refractivity contribution in [1.82, 2.24) is 9.88 Å². The molecule has 0 aliphatic rings. The van der Waals surface area contributed by atoms with Crippen molar-refractivity contribution in [3.8, 4) is 0 Å². The van der Waals surface area contributed by atoms with Crippen LogP contribution in [-0.4, -0.2) is 29.3 Å². The zero-order chi connectivity index (χ0) is 15.4. The van der Waals surface area contributed by atoms with Crippen LogP contribution < -0.4 is 0 Å². The molecule has 0 N–H and O–H groups in total. The van der Waals surface area contributed by atoms with Gasteiger partial charge in [0.15, 0.2) is 10.8 Å². The predicted molar refractivity (Wildman–Crippen MR) is 86.8 cm³/mol. The van der Waals surface area contributed by atoms with Crippen molar-refractivity contribution in [1.29, 1.82) is 0 Å². The Hall–Kier alpha value is -1.46. The largest absolute Gasteiger partial charge is 0.358 e. The van der Waals surface area contributed by atoms with Crippen LogP contribution >= 0.6 is 22.9 Å². The molecule has 0 amide bonds. The number of nitrogens with zero attached hydrogens (tertiary/aromatic N) is 3. The van der Waals surface area contributed by atoms with Gasteiger partial charge in [-0.05, 0) is 31.5 Å². The number of amidine groups is 1. The van der Waals surface area contributed by atoms with Crippen LogP contribution in [0.4, 0.5) is 4.39 Å². The molecule has 1 atom stereocenters. The van der Waals surface area contributed by atoms with Crippen molar-refractivity contribution >= 4 is 28.8 Å². The van der Waals surface area contributed by atoms with E-state index in [1.165, 1.54) is 12.1 Å². The Bertz CT molecular complexity index is 628. The van der Waals surface area contributed by atoms with Crippen LogP contribution in [0.5, 0.6) is 0 Å². The summed E-state index contributed by atoms with van der Waals surface area (Å²) in [5.74, 6) is 0.478. The highest BCUT2D eigenvalue weighted by Crippen LogP contribution is 2.27. The van der Waals surface area contributed by atoms with Gasteiger partial charge < -0.3 is 4.90 Å². The number of aliphatic imine (C=N–C) groups is 1. The smallest absolute Gasteiger partial charge is 0.160 e. The van der Waals surface area contributed by atoms with Gasteiger partial charge in [-0.25, -0.2) is 9.37 Å². The monoisotopic (exact) mass is 325 g/mol. The zero-order valence-corrected chi connectivity index (χ0v) is 13.7. The number of hydrogen-bond donors (Lipinski definition) is 0. The van der Waals surface area contributed by atoms with Gasteiger partial charge in [0.2, 0.25) is 0 Å². The van der Waals surface area contributed by atoms with E-state index < -0.39 is 0 Å². The third-order valence-corrected chi connectivity index (χ3v) is 4.28. The lowest BCUT2D eigenvalue weighted by Crippen LogP contribution is -2.27. The van der Waals surface area contributed by atoms with Gasteiger partial charge in [0.25, 0.3) is 0 Å². The second-order valence-electron chi connectivity index (χ2n) is 4.65. The molecule has 2 aromatic rings. The van der Waals surface area contributed by atoms with Crippen molar-refractivity contribution in [2.45, 2.75) is 19.9 Å². The molecule has 6 heteroatoms. The summed E-state index contributed by atoms with van der Waals surface area (Å²) in [4.78, 5) is 11.1. The summed E-state index contributed by atoms with van der Waals surface area (Å²) in [5, 5.41) is 3.18. The molecule has 0 bridgehead atoms. The van der Waals surface area contributed by atoms with Crippen LogP contribution in [0, 0.1) is 5.82 Å². The Morgan fingerprint density at radius 2 is 2.29 bits per heavy atom. The van der Waals surface area contributed by atoms with Gasteiger partial charge in [0.1, 0.15) is 5.82 Å². The summed E-state index contributed by atoms with van der Waals surface area (Å²) in [6.45, 7) is 4.82. The van der Waals surface area contributed by atoms with E-state index >= 15 is 0 Å². The highest BCUT2D eigenvalue weighted by Gasteiger charge is 2.15. The Labute approximate surface area is 133 Å². The molecule has 3 nitrogen and oxygen atoms in total. The van der Waals surface area contributed by atoms with Crippen molar-refractivity contribution in [3.63, 3.8) is 0 Å². The van der Waals surface area contributed by atoms with Crippen LogP contribution in [0.15, 0.2) is 34.8 Å². The molecule has 0 radical (unpaired) electrons. The molecule has 0 fully saturated rings. The molecule has 0 aliphatic heterocycles. The maximum absolute atomic E-state index is 13.1. The number of thiazole rings is 1. The highest BCUT2D eigenvalue weighted by molar-refractivity contribution is 7.11. The summed E-state index contributed by atoms with van der Waals surface area (Å²) in [7, 11) is 1.97. The second-order valence-corrected chi connectivity index (χ2v) is 5.95. The van der Waals surface area contributed by atoms with E-state index in [0.717, 1.165) is 23.0 Å². The van der Waals surface area contributed by atoms with Gasteiger partial charge in [-0.1, -0.05) is 17.7 Å². The fourth-order valence-corrected chi connectivity index (χ4v) is 2.91. The maximum Gasteiger partial charge on any atom is 0.160 e. The molecular formula is C15H17ClFN3S. The molecule has 0 saturated heterocycles. The Kier molecular flexibility index (Phi) is 5.31. The Balaban J connectivity index is 2.37. The first-order valence-electron chi connectivity index (χ1n) is 6.66. The van der Waals surface area contributed by atoms with Crippen molar-refractivity contribution in [3.05, 3.63) is 51.2 Å². The van der Waals surface area contributed by atoms with Gasteiger partial charge in [0, 0.05) is 30.2 Å². The van der Waals surface area contributed by atoms with Gasteiger partial charge in [-0.15, -0.1) is 11.3 Å². The van der Waals surface area contributed by atoms with E-state index in [1.54, 1.807) is 23.6 Å². The lowest BCUT2D eigenvalue weighted by atomic mass is 10.1. The van der Waals surface area contributed by atoms with Crippen molar-refractivity contribution in [2.75, 3.05) is 13.6 Å². The number of hydrogen-bond acceptors (Lipinski definition) is 3. The van der Waals surface area contributed by atoms with Crippen LogP contribution in [0.25, 0.3) is 0 Å². The third-order valence-electron chi connectivity index (χ3n) is 3.19. The fraction of sp³-hybridized carbons (Fsp3) is 0.333. The molecule has 0 saturated carbocycles. The topological polar surface area (TPSA) is 28.5 Å². The SMILES string of the molecule is CCN(C)/C(=N\[C@H](C)c1ccc(F)cc1Cl)c1nccs1. The fourth-order valence-electron chi connectivity index (χ4n) is 1.89. The van der Waals surface area contributed by atoms with Gasteiger partial charge >= 0.3 is 0 Å². The summed E-state index contributed by atoms with van der Waals surface area (Å²) in [6.07, 6.45) is 1.76. The summed E-state index contributed by atoms with van der Waals surface area (Å²) < 4.78 is 13.1. The molecule has 2 rings (SSSR count). The minimum atomic E-state index is -0.342. The quantitative estimate of drug-likeness (QED) is 0.616. The zero-order valence-electron chi connectivity index (χ0n) is 12.2. The number of rotatable bonds is 4. The summed E-state index contributed by atoms with van der Waals surface area (Å²) >= 11 is 7.65. The molecule has 0 spiro atoms. The number of aromatic nitrogens is 1. The average molecular weight is 326 g/mol. The molecule has 0 aliphatic carbocycles.